The van der Waals surface area contributed by atoms with E-state index >= 15 is 0 Å². The predicted molar refractivity (Wildman–Crippen MR) is 112 cm³/mol. The van der Waals surface area contributed by atoms with Gasteiger partial charge >= 0.3 is 0 Å². The number of carbonyl (C=O) groups excluding carboxylic acids is 2. The average molecular weight is 423 g/mol. The zero-order valence-electron chi connectivity index (χ0n) is 16.0. The quantitative estimate of drug-likeness (QED) is 0.510. The molecule has 0 radical (unpaired) electrons. The molecule has 1 aromatic heterocycles. The van der Waals surface area contributed by atoms with Crippen molar-refractivity contribution in [1.82, 2.24) is 5.32 Å². The van der Waals surface area contributed by atoms with Crippen LogP contribution in [0.4, 0.5) is 5.69 Å². The van der Waals surface area contributed by atoms with Gasteiger partial charge in [0.2, 0.25) is 0 Å². The smallest absolute Gasteiger partial charge is 0.279 e. The molecule has 3 rings (SSSR count). The molecule has 0 saturated carbocycles. The van der Waals surface area contributed by atoms with Crippen LogP contribution in [0.15, 0.2) is 36.4 Å². The molecule has 6 nitrogen and oxygen atoms in total. The zero-order chi connectivity index (χ0) is 19.9. The third kappa shape index (κ3) is 6.04. The van der Waals surface area contributed by atoms with Gasteiger partial charge in [-0.3, -0.25) is 9.59 Å². The van der Waals surface area contributed by atoms with Gasteiger partial charge in [0.25, 0.3) is 11.8 Å². The summed E-state index contributed by atoms with van der Waals surface area (Å²) in [5.74, 6) is -0.146. The fourth-order valence-corrected chi connectivity index (χ4v) is 4.60. The van der Waals surface area contributed by atoms with E-state index in [4.69, 9.17) is 11.6 Å². The van der Waals surface area contributed by atoms with Crippen molar-refractivity contribution in [1.29, 1.82) is 0 Å². The van der Waals surface area contributed by atoms with Gasteiger partial charge in [-0.1, -0.05) is 17.7 Å². The lowest BCUT2D eigenvalue weighted by Crippen LogP contribution is -3.28. The van der Waals surface area contributed by atoms with Crippen LogP contribution in [0.1, 0.15) is 22.2 Å². The summed E-state index contributed by atoms with van der Waals surface area (Å²) in [6, 6.07) is 11.1. The topological polar surface area (TPSA) is 67.1 Å². The molecule has 0 bridgehead atoms. The maximum atomic E-state index is 12.4. The Morgan fingerprint density at radius 2 is 1.86 bits per heavy atom. The van der Waals surface area contributed by atoms with Crippen LogP contribution in [0.25, 0.3) is 0 Å². The monoisotopic (exact) mass is 422 g/mol. The van der Waals surface area contributed by atoms with Crippen LogP contribution in [-0.4, -0.2) is 51.1 Å². The number of amides is 2. The number of rotatable bonds is 7. The Hall–Kier alpha value is -1.93. The number of hydrogen-bond donors (Lipinski definition) is 4. The van der Waals surface area contributed by atoms with E-state index in [0.29, 0.717) is 24.3 Å². The highest BCUT2D eigenvalue weighted by atomic mass is 35.5. The number of nitrogens with one attached hydrogen (secondary N) is 4. The molecule has 0 aliphatic carbocycles. The number of hydrogen-bond acceptors (Lipinski definition) is 3. The van der Waals surface area contributed by atoms with Gasteiger partial charge in [-0.25, -0.2) is 0 Å². The van der Waals surface area contributed by atoms with Crippen LogP contribution in [0.5, 0.6) is 0 Å². The lowest BCUT2D eigenvalue weighted by Gasteiger charge is -2.29. The summed E-state index contributed by atoms with van der Waals surface area (Å²) in [6.45, 7) is 7.94. The Balaban J connectivity index is 1.44. The molecule has 0 atom stereocenters. The molecule has 28 heavy (non-hydrogen) atoms. The second-order valence-corrected chi connectivity index (χ2v) is 8.85. The van der Waals surface area contributed by atoms with E-state index in [-0.39, 0.29) is 11.8 Å². The molecule has 1 aliphatic heterocycles. The third-order valence-corrected chi connectivity index (χ3v) is 6.10. The molecule has 1 saturated heterocycles. The first-order valence-electron chi connectivity index (χ1n) is 9.63. The Morgan fingerprint density at radius 3 is 2.54 bits per heavy atom. The summed E-state index contributed by atoms with van der Waals surface area (Å²) in [5.41, 5.74) is 1.21. The second-order valence-electron chi connectivity index (χ2n) is 7.05. The van der Waals surface area contributed by atoms with Crippen molar-refractivity contribution < 1.29 is 19.4 Å². The molecule has 2 heterocycles. The van der Waals surface area contributed by atoms with Crippen molar-refractivity contribution in [2.24, 2.45) is 0 Å². The summed E-state index contributed by atoms with van der Waals surface area (Å²) < 4.78 is 0.839. The summed E-state index contributed by atoms with van der Waals surface area (Å²) in [7, 11) is 0. The van der Waals surface area contributed by atoms with Gasteiger partial charge in [0.05, 0.1) is 9.21 Å². The van der Waals surface area contributed by atoms with Gasteiger partial charge in [-0.05, 0) is 37.3 Å². The van der Waals surface area contributed by atoms with Gasteiger partial charge < -0.3 is 20.4 Å². The molecule has 1 fully saturated rings. The number of anilines is 1. The van der Waals surface area contributed by atoms with Gasteiger partial charge in [0.1, 0.15) is 32.7 Å². The minimum Gasteiger partial charge on any atom is -0.352 e. The van der Waals surface area contributed by atoms with Gasteiger partial charge in [0.15, 0.2) is 6.54 Å². The Kier molecular flexibility index (Phi) is 7.44. The van der Waals surface area contributed by atoms with Crippen LogP contribution in [0, 0.1) is 0 Å². The predicted octanol–water partition coefficient (Wildman–Crippen LogP) is 0.0733. The number of piperazine rings is 1. The summed E-state index contributed by atoms with van der Waals surface area (Å²) in [5, 5.41) is 5.69. The standard InChI is InChI=1S/C20H25ClN4O2S/c1-2-22-20(27)15-4-3-5-16(12-15)23-19(26)14-25-10-8-24(9-11-25)13-17-6-7-18(21)28-17/h3-7,12H,2,8-11,13-14H2,1H3,(H,22,27)(H,23,26)/p+2. The summed E-state index contributed by atoms with van der Waals surface area (Å²) in [4.78, 5) is 28.5. The molecule has 0 unspecified atom stereocenters. The molecule has 2 amide bonds. The number of benzene rings is 1. The second kappa shape index (κ2) is 10.0. The minimum absolute atomic E-state index is 0.0171. The highest BCUT2D eigenvalue weighted by Crippen LogP contribution is 2.20. The zero-order valence-corrected chi connectivity index (χ0v) is 17.6. The van der Waals surface area contributed by atoms with E-state index in [1.807, 2.05) is 19.1 Å². The fourth-order valence-electron chi connectivity index (χ4n) is 3.44. The highest BCUT2D eigenvalue weighted by molar-refractivity contribution is 7.16. The van der Waals surface area contributed by atoms with Gasteiger partial charge in [-0.2, -0.15) is 0 Å². The van der Waals surface area contributed by atoms with E-state index in [0.717, 1.165) is 37.1 Å². The number of carbonyl (C=O) groups is 2. The van der Waals surface area contributed by atoms with Crippen molar-refractivity contribution in [3.8, 4) is 0 Å². The van der Waals surface area contributed by atoms with Crippen LogP contribution >= 0.6 is 22.9 Å². The van der Waals surface area contributed by atoms with Crippen LogP contribution in [-0.2, 0) is 11.3 Å². The maximum Gasteiger partial charge on any atom is 0.279 e. The van der Waals surface area contributed by atoms with Crippen molar-refractivity contribution in [3.05, 3.63) is 51.2 Å². The first-order valence-corrected chi connectivity index (χ1v) is 10.8. The van der Waals surface area contributed by atoms with Gasteiger partial charge in [-0.15, -0.1) is 11.3 Å². The maximum absolute atomic E-state index is 12.4. The van der Waals surface area contributed by atoms with Crippen LogP contribution in [0.2, 0.25) is 4.34 Å². The molecule has 2 aromatic rings. The normalized spacial score (nSPS) is 19.2. The summed E-state index contributed by atoms with van der Waals surface area (Å²) >= 11 is 7.65. The molecular formula is C20H27ClN4O2S+2. The van der Waals surface area contributed by atoms with E-state index in [1.165, 1.54) is 14.7 Å². The first-order chi connectivity index (χ1) is 13.5. The van der Waals surface area contributed by atoms with E-state index in [2.05, 4.69) is 16.7 Å². The molecule has 0 spiro atoms. The molecular weight excluding hydrogens is 396 g/mol. The molecule has 150 valence electrons. The highest BCUT2D eigenvalue weighted by Gasteiger charge is 2.25. The summed E-state index contributed by atoms with van der Waals surface area (Å²) in [6.07, 6.45) is 0. The third-order valence-electron chi connectivity index (χ3n) is 4.87. The Morgan fingerprint density at radius 1 is 1.11 bits per heavy atom. The van der Waals surface area contributed by atoms with Crippen molar-refractivity contribution >= 4 is 40.4 Å². The Bertz CT molecular complexity index is 818. The van der Waals surface area contributed by atoms with Crippen molar-refractivity contribution in [2.75, 3.05) is 44.6 Å². The van der Waals surface area contributed by atoms with E-state index in [1.54, 1.807) is 29.5 Å². The minimum atomic E-state index is -0.129. The first kappa shape index (κ1) is 20.8. The largest absolute Gasteiger partial charge is 0.352 e. The fraction of sp³-hybridized carbons (Fsp3) is 0.400. The average Bonchev–Trinajstić information content (AvgIpc) is 3.08. The molecule has 1 aliphatic rings. The van der Waals surface area contributed by atoms with Crippen LogP contribution in [0.3, 0.4) is 0 Å². The lowest BCUT2D eigenvalue weighted by molar-refractivity contribution is -1.01. The van der Waals surface area contributed by atoms with E-state index in [9.17, 15) is 9.59 Å². The number of quaternary nitrogens is 2. The Labute approximate surface area is 174 Å². The van der Waals surface area contributed by atoms with Crippen molar-refractivity contribution in [3.63, 3.8) is 0 Å². The molecule has 8 heteroatoms. The molecule has 4 N–H and O–H groups in total. The van der Waals surface area contributed by atoms with Gasteiger partial charge in [0, 0.05) is 17.8 Å². The number of halogens is 1. The number of thiophene rings is 1. The SMILES string of the molecule is CCNC(=O)c1cccc(NC(=O)C[NH+]2CC[NH+](Cc3ccc(Cl)s3)CC2)c1. The van der Waals surface area contributed by atoms with Crippen molar-refractivity contribution in [2.45, 2.75) is 13.5 Å². The lowest BCUT2D eigenvalue weighted by atomic mass is 10.2. The molecule has 1 aromatic carbocycles. The van der Waals surface area contributed by atoms with E-state index < -0.39 is 0 Å². The van der Waals surface area contributed by atoms with Crippen LogP contribution < -0.4 is 20.4 Å².